The maximum atomic E-state index is 12.1. The predicted molar refractivity (Wildman–Crippen MR) is 99.5 cm³/mol. The Morgan fingerprint density at radius 2 is 1.88 bits per heavy atom. The van der Waals surface area contributed by atoms with Crippen LogP contribution in [-0.2, 0) is 5.66 Å². The first-order valence-corrected chi connectivity index (χ1v) is 9.16. The van der Waals surface area contributed by atoms with Crippen molar-refractivity contribution in [2.24, 2.45) is 11.3 Å². The van der Waals surface area contributed by atoms with Crippen molar-refractivity contribution in [3.05, 3.63) is 40.3 Å². The van der Waals surface area contributed by atoms with E-state index in [1.807, 2.05) is 22.9 Å². The van der Waals surface area contributed by atoms with Crippen molar-refractivity contribution in [1.82, 2.24) is 14.8 Å². The lowest BCUT2D eigenvalue weighted by molar-refractivity contribution is 0.0998. The molecule has 1 saturated carbocycles. The van der Waals surface area contributed by atoms with Gasteiger partial charge in [-0.05, 0) is 56.1 Å². The monoisotopic (exact) mass is 338 g/mol. The van der Waals surface area contributed by atoms with Crippen LogP contribution in [0.4, 0.5) is 5.69 Å². The molecule has 5 nitrogen and oxygen atoms in total. The van der Waals surface area contributed by atoms with Crippen molar-refractivity contribution in [2.75, 3.05) is 5.32 Å². The molecule has 25 heavy (non-hydrogen) atoms. The average Bonchev–Trinajstić information content (AvgIpc) is 2.56. The van der Waals surface area contributed by atoms with Crippen LogP contribution in [-0.4, -0.2) is 14.8 Å². The highest BCUT2D eigenvalue weighted by molar-refractivity contribution is 5.76. The van der Waals surface area contributed by atoms with E-state index in [9.17, 15) is 4.79 Å². The highest BCUT2D eigenvalue weighted by atomic mass is 16.1. The molecule has 0 bridgehead atoms. The third-order valence-corrected chi connectivity index (χ3v) is 5.95. The van der Waals surface area contributed by atoms with Gasteiger partial charge in [-0.1, -0.05) is 32.9 Å². The summed E-state index contributed by atoms with van der Waals surface area (Å²) in [6.07, 6.45) is 4.27. The van der Waals surface area contributed by atoms with Crippen LogP contribution < -0.4 is 10.9 Å². The smallest absolute Gasteiger partial charge is 0.294 e. The SMILES string of the molecule is Cc1nn2c(nc1=O)-c1ccccc1NC21CCC(C(C)(C)C)CC1. The Kier molecular flexibility index (Phi) is 3.53. The summed E-state index contributed by atoms with van der Waals surface area (Å²) < 4.78 is 1.99. The Hall–Kier alpha value is -2.17. The molecule has 1 aliphatic heterocycles. The van der Waals surface area contributed by atoms with Gasteiger partial charge in [0.15, 0.2) is 5.82 Å². The maximum Gasteiger partial charge on any atom is 0.294 e. The fraction of sp³-hybridized carbons (Fsp3) is 0.550. The molecule has 132 valence electrons. The third kappa shape index (κ3) is 2.57. The number of para-hydroxylation sites is 1. The van der Waals surface area contributed by atoms with E-state index in [0.29, 0.717) is 22.9 Å². The van der Waals surface area contributed by atoms with Crippen molar-refractivity contribution in [2.45, 2.75) is 59.0 Å². The van der Waals surface area contributed by atoms with E-state index in [4.69, 9.17) is 0 Å². The highest BCUT2D eigenvalue weighted by Gasteiger charge is 2.44. The van der Waals surface area contributed by atoms with Crippen molar-refractivity contribution in [3.63, 3.8) is 0 Å². The van der Waals surface area contributed by atoms with Crippen LogP contribution >= 0.6 is 0 Å². The van der Waals surface area contributed by atoms with Crippen molar-refractivity contribution in [3.8, 4) is 11.4 Å². The van der Waals surface area contributed by atoms with E-state index >= 15 is 0 Å². The Labute approximate surface area is 148 Å². The Morgan fingerprint density at radius 3 is 2.56 bits per heavy atom. The molecule has 5 heteroatoms. The number of nitrogens with zero attached hydrogens (tertiary/aromatic N) is 3. The van der Waals surface area contributed by atoms with Gasteiger partial charge in [-0.2, -0.15) is 10.1 Å². The fourth-order valence-corrected chi connectivity index (χ4v) is 4.33. The first kappa shape index (κ1) is 16.3. The van der Waals surface area contributed by atoms with E-state index in [1.165, 1.54) is 0 Å². The number of aromatic nitrogens is 3. The summed E-state index contributed by atoms with van der Waals surface area (Å²) in [5, 5.41) is 8.40. The van der Waals surface area contributed by atoms with Gasteiger partial charge in [0.05, 0.1) is 0 Å². The zero-order chi connectivity index (χ0) is 17.8. The zero-order valence-electron chi connectivity index (χ0n) is 15.5. The van der Waals surface area contributed by atoms with Crippen molar-refractivity contribution < 1.29 is 0 Å². The van der Waals surface area contributed by atoms with Gasteiger partial charge in [0, 0.05) is 11.3 Å². The molecule has 0 saturated heterocycles. The van der Waals surface area contributed by atoms with Crippen LogP contribution in [0, 0.1) is 18.3 Å². The van der Waals surface area contributed by atoms with E-state index < -0.39 is 0 Å². The van der Waals surface area contributed by atoms with Crippen LogP contribution in [0.1, 0.15) is 52.1 Å². The molecule has 1 N–H and O–H groups in total. The number of hydrogen-bond acceptors (Lipinski definition) is 4. The van der Waals surface area contributed by atoms with E-state index in [2.05, 4.69) is 42.2 Å². The largest absolute Gasteiger partial charge is 0.361 e. The van der Waals surface area contributed by atoms with Crippen molar-refractivity contribution >= 4 is 5.69 Å². The second-order valence-electron chi connectivity index (χ2n) is 8.58. The normalized spacial score (nSPS) is 25.2. The number of rotatable bonds is 0. The van der Waals surface area contributed by atoms with E-state index in [1.54, 1.807) is 6.92 Å². The summed E-state index contributed by atoms with van der Waals surface area (Å²) in [5.74, 6) is 1.40. The van der Waals surface area contributed by atoms with Crippen molar-refractivity contribution in [1.29, 1.82) is 0 Å². The Morgan fingerprint density at radius 1 is 1.20 bits per heavy atom. The number of anilines is 1. The van der Waals surface area contributed by atoms with Crippen LogP contribution in [0.15, 0.2) is 29.1 Å². The summed E-state index contributed by atoms with van der Waals surface area (Å²) in [5.41, 5.74) is 2.27. The minimum atomic E-state index is -0.281. The third-order valence-electron chi connectivity index (χ3n) is 5.95. The summed E-state index contributed by atoms with van der Waals surface area (Å²) >= 11 is 0. The second kappa shape index (κ2) is 5.41. The van der Waals surface area contributed by atoms with Gasteiger partial charge in [-0.15, -0.1) is 0 Å². The van der Waals surface area contributed by atoms with E-state index in [-0.39, 0.29) is 11.2 Å². The molecule has 0 unspecified atom stereocenters. The molecule has 1 aromatic heterocycles. The van der Waals surface area contributed by atoms with Gasteiger partial charge in [-0.25, -0.2) is 4.68 Å². The summed E-state index contributed by atoms with van der Waals surface area (Å²) in [6, 6.07) is 8.08. The molecule has 1 aliphatic carbocycles. The molecular weight excluding hydrogens is 312 g/mol. The minimum Gasteiger partial charge on any atom is -0.361 e. The quantitative estimate of drug-likeness (QED) is 0.791. The van der Waals surface area contributed by atoms with Gasteiger partial charge in [0.2, 0.25) is 0 Å². The summed E-state index contributed by atoms with van der Waals surface area (Å²) in [6.45, 7) is 8.73. The molecule has 0 atom stereocenters. The van der Waals surface area contributed by atoms with Gasteiger partial charge >= 0.3 is 0 Å². The number of nitrogens with one attached hydrogen (secondary N) is 1. The molecule has 2 aliphatic rings. The minimum absolute atomic E-state index is 0.235. The van der Waals surface area contributed by atoms with Gasteiger partial charge in [0.25, 0.3) is 5.56 Å². The summed E-state index contributed by atoms with van der Waals surface area (Å²) in [4.78, 5) is 16.5. The molecule has 2 aromatic rings. The lowest BCUT2D eigenvalue weighted by atomic mass is 9.69. The topological polar surface area (TPSA) is 59.8 Å². The molecule has 1 spiro atoms. The molecule has 1 fully saturated rings. The number of aryl methyl sites for hydroxylation is 1. The lowest BCUT2D eigenvalue weighted by Crippen LogP contribution is -2.50. The average molecular weight is 338 g/mol. The van der Waals surface area contributed by atoms with E-state index in [0.717, 1.165) is 36.9 Å². The van der Waals surface area contributed by atoms with Crippen LogP contribution in [0.25, 0.3) is 11.4 Å². The second-order valence-corrected chi connectivity index (χ2v) is 8.58. The molecule has 0 radical (unpaired) electrons. The fourth-order valence-electron chi connectivity index (χ4n) is 4.33. The first-order valence-electron chi connectivity index (χ1n) is 9.16. The van der Waals surface area contributed by atoms with Crippen LogP contribution in [0.5, 0.6) is 0 Å². The highest BCUT2D eigenvalue weighted by Crippen LogP contribution is 2.48. The number of hydrogen-bond donors (Lipinski definition) is 1. The van der Waals surface area contributed by atoms with Gasteiger partial charge < -0.3 is 5.32 Å². The maximum absolute atomic E-state index is 12.1. The van der Waals surface area contributed by atoms with Crippen LogP contribution in [0.2, 0.25) is 0 Å². The molecule has 0 amide bonds. The molecule has 4 rings (SSSR count). The predicted octanol–water partition coefficient (Wildman–Crippen LogP) is 3.93. The lowest BCUT2D eigenvalue weighted by Gasteiger charge is -2.48. The molecule has 2 heterocycles. The Bertz CT molecular complexity index is 870. The van der Waals surface area contributed by atoms with Gasteiger partial charge in [-0.3, -0.25) is 4.79 Å². The molecular formula is C20H26N4O. The first-order chi connectivity index (χ1) is 11.8. The Balaban J connectivity index is 1.82. The van der Waals surface area contributed by atoms with Gasteiger partial charge in [0.1, 0.15) is 11.4 Å². The zero-order valence-corrected chi connectivity index (χ0v) is 15.5. The molecule has 1 aromatic carbocycles. The summed E-state index contributed by atoms with van der Waals surface area (Å²) in [7, 11) is 0. The number of fused-ring (bicyclic) bond motifs is 4. The number of benzene rings is 1. The standard InChI is InChI=1S/C20H26N4O/c1-13-18(25)21-17-15-7-5-6-8-16(15)22-20(24(17)23-13)11-9-14(10-12-20)19(2,3)4/h5-8,14,22H,9-12H2,1-4H3. The van der Waals surface area contributed by atoms with Crippen LogP contribution in [0.3, 0.4) is 0 Å².